The molecular formula is C21H37NO5. The van der Waals surface area contributed by atoms with Crippen molar-refractivity contribution in [2.24, 2.45) is 17.3 Å². The van der Waals surface area contributed by atoms with Gasteiger partial charge in [-0.1, -0.05) is 6.92 Å². The Morgan fingerprint density at radius 2 is 1.67 bits per heavy atom. The van der Waals surface area contributed by atoms with Crippen molar-refractivity contribution in [1.29, 1.82) is 0 Å². The Morgan fingerprint density at radius 1 is 1.04 bits per heavy atom. The molecule has 0 aromatic heterocycles. The lowest BCUT2D eigenvalue weighted by atomic mass is 9.55. The van der Waals surface area contributed by atoms with Gasteiger partial charge >= 0.3 is 6.09 Å². The Hall–Kier alpha value is -0.850. The van der Waals surface area contributed by atoms with Gasteiger partial charge in [0, 0.05) is 18.5 Å². The molecule has 3 N–H and O–H groups in total. The van der Waals surface area contributed by atoms with Crippen molar-refractivity contribution in [1.82, 2.24) is 4.90 Å². The highest BCUT2D eigenvalue weighted by Crippen LogP contribution is 2.62. The maximum atomic E-state index is 12.5. The molecule has 1 aliphatic heterocycles. The average Bonchev–Trinajstić information content (AvgIpc) is 2.77. The molecule has 1 amide bonds. The van der Waals surface area contributed by atoms with Gasteiger partial charge in [0.1, 0.15) is 5.60 Å². The molecule has 1 saturated heterocycles. The van der Waals surface area contributed by atoms with Crippen LogP contribution in [0.25, 0.3) is 0 Å². The van der Waals surface area contributed by atoms with Crippen LogP contribution < -0.4 is 0 Å². The molecule has 3 unspecified atom stereocenters. The van der Waals surface area contributed by atoms with Gasteiger partial charge in [-0.05, 0) is 77.6 Å². The van der Waals surface area contributed by atoms with E-state index < -0.39 is 28.8 Å². The van der Waals surface area contributed by atoms with E-state index >= 15 is 0 Å². The van der Waals surface area contributed by atoms with E-state index in [0.29, 0.717) is 57.5 Å². The number of hydrogen-bond acceptors (Lipinski definition) is 5. The lowest BCUT2D eigenvalue weighted by Crippen LogP contribution is -2.60. The number of aliphatic hydroxyl groups excluding tert-OH is 2. The van der Waals surface area contributed by atoms with Gasteiger partial charge in [0.05, 0.1) is 17.8 Å². The number of carbonyl (C=O) groups excluding carboxylic acids is 1. The molecule has 6 atom stereocenters. The second kappa shape index (κ2) is 7.20. The minimum absolute atomic E-state index is 0.129. The number of carbonyl (C=O) groups is 1. The normalized spacial score (nSPS) is 43.1. The van der Waals surface area contributed by atoms with Gasteiger partial charge in [0.2, 0.25) is 0 Å². The van der Waals surface area contributed by atoms with E-state index in [1.54, 1.807) is 4.90 Å². The number of hydrogen-bond donors (Lipinski definition) is 3. The fourth-order valence-electron chi connectivity index (χ4n) is 6.09. The summed E-state index contributed by atoms with van der Waals surface area (Å²) in [5.74, 6) is 0.528. The fraction of sp³-hybridized carbons (Fsp3) is 0.952. The first kappa shape index (κ1) is 20.9. The smallest absolute Gasteiger partial charge is 0.410 e. The third-order valence-corrected chi connectivity index (χ3v) is 7.16. The van der Waals surface area contributed by atoms with E-state index in [1.165, 1.54) is 0 Å². The quantitative estimate of drug-likeness (QED) is 0.598. The summed E-state index contributed by atoms with van der Waals surface area (Å²) in [6.07, 6.45) is 2.72. The van der Waals surface area contributed by atoms with Gasteiger partial charge in [-0.2, -0.15) is 0 Å². The first-order valence-electron chi connectivity index (χ1n) is 10.6. The van der Waals surface area contributed by atoms with Gasteiger partial charge in [0.15, 0.2) is 0 Å². The van der Waals surface area contributed by atoms with Crippen molar-refractivity contribution >= 4 is 6.09 Å². The highest BCUT2D eigenvalue weighted by atomic mass is 16.6. The molecule has 0 aromatic carbocycles. The molecule has 3 aliphatic rings. The Kier molecular flexibility index (Phi) is 5.56. The van der Waals surface area contributed by atoms with Crippen LogP contribution in [0, 0.1) is 17.3 Å². The van der Waals surface area contributed by atoms with E-state index in [9.17, 15) is 20.1 Å². The molecule has 0 radical (unpaired) electrons. The van der Waals surface area contributed by atoms with Crippen LogP contribution in [0.1, 0.15) is 72.6 Å². The molecule has 156 valence electrons. The van der Waals surface area contributed by atoms with Crippen LogP contribution in [-0.2, 0) is 4.74 Å². The molecule has 2 saturated carbocycles. The second-order valence-corrected chi connectivity index (χ2v) is 10.2. The number of aliphatic hydroxyl groups is 3. The Balaban J connectivity index is 1.82. The van der Waals surface area contributed by atoms with E-state index in [-0.39, 0.29) is 12.0 Å². The zero-order valence-corrected chi connectivity index (χ0v) is 17.3. The van der Waals surface area contributed by atoms with E-state index in [4.69, 9.17) is 4.74 Å². The predicted octanol–water partition coefficient (Wildman–Crippen LogP) is 2.69. The van der Waals surface area contributed by atoms with Crippen molar-refractivity contribution in [3.8, 4) is 0 Å². The molecule has 1 spiro atoms. The van der Waals surface area contributed by atoms with Crippen LogP contribution in [0.15, 0.2) is 0 Å². The number of ether oxygens (including phenoxy) is 1. The molecule has 6 heteroatoms. The van der Waals surface area contributed by atoms with E-state index in [2.05, 4.69) is 6.92 Å². The van der Waals surface area contributed by atoms with Crippen LogP contribution in [-0.4, -0.2) is 62.8 Å². The summed E-state index contributed by atoms with van der Waals surface area (Å²) in [6.45, 7) is 8.75. The molecule has 1 heterocycles. The lowest BCUT2D eigenvalue weighted by molar-refractivity contribution is -0.197. The predicted molar refractivity (Wildman–Crippen MR) is 102 cm³/mol. The van der Waals surface area contributed by atoms with Crippen molar-refractivity contribution in [3.05, 3.63) is 0 Å². The monoisotopic (exact) mass is 383 g/mol. The molecule has 27 heavy (non-hydrogen) atoms. The van der Waals surface area contributed by atoms with Gasteiger partial charge in [-0.15, -0.1) is 0 Å². The second-order valence-electron chi connectivity index (χ2n) is 10.2. The van der Waals surface area contributed by atoms with Gasteiger partial charge in [0.25, 0.3) is 0 Å². The minimum Gasteiger partial charge on any atom is -0.444 e. The number of nitrogens with zero attached hydrogens (tertiary/aromatic N) is 1. The first-order chi connectivity index (χ1) is 12.5. The third-order valence-electron chi connectivity index (χ3n) is 7.16. The molecule has 3 fully saturated rings. The number of rotatable bonds is 0. The summed E-state index contributed by atoms with van der Waals surface area (Å²) in [4.78, 5) is 14.2. The Labute approximate surface area is 162 Å². The first-order valence-corrected chi connectivity index (χ1v) is 10.6. The summed E-state index contributed by atoms with van der Waals surface area (Å²) in [6, 6.07) is 0. The Morgan fingerprint density at radius 3 is 2.30 bits per heavy atom. The van der Waals surface area contributed by atoms with E-state index in [1.807, 2.05) is 20.8 Å². The van der Waals surface area contributed by atoms with Crippen molar-refractivity contribution < 1.29 is 24.9 Å². The molecule has 0 bridgehead atoms. The fourth-order valence-corrected chi connectivity index (χ4v) is 6.09. The zero-order valence-electron chi connectivity index (χ0n) is 17.3. The molecular weight excluding hydrogens is 346 g/mol. The van der Waals surface area contributed by atoms with Crippen LogP contribution >= 0.6 is 0 Å². The summed E-state index contributed by atoms with van der Waals surface area (Å²) < 4.78 is 5.52. The summed E-state index contributed by atoms with van der Waals surface area (Å²) in [5, 5.41) is 33.5. The van der Waals surface area contributed by atoms with Crippen molar-refractivity contribution in [2.75, 3.05) is 13.1 Å². The largest absolute Gasteiger partial charge is 0.444 e. The third kappa shape index (κ3) is 3.60. The summed E-state index contributed by atoms with van der Waals surface area (Å²) in [5.41, 5.74) is -2.48. The highest BCUT2D eigenvalue weighted by Gasteiger charge is 2.67. The molecule has 0 aromatic rings. The van der Waals surface area contributed by atoms with Crippen LogP contribution in [0.4, 0.5) is 4.79 Å². The highest BCUT2D eigenvalue weighted by molar-refractivity contribution is 5.68. The standard InChI is InChI=1S/C21H37NO5/c1-14-11-15-13-17(24)21(26)8-6-10-22(18(25)27-19(2,3)4)9-5-7-20(15,21)16(23)12-14/h14-17,23-24,26H,5-13H2,1-4H3/t14?,15-,16?,17-,20?,21+/m0/s1. The SMILES string of the molecule is CC1CC(O)C23CCCN(C(=O)OC(C)(C)C)CCC[C@@]2(O)[C@@H](O)C[C@@H]3C1. The van der Waals surface area contributed by atoms with Crippen molar-refractivity contribution in [2.45, 2.75) is 96.1 Å². The average molecular weight is 384 g/mol. The molecule has 6 nitrogen and oxygen atoms in total. The summed E-state index contributed by atoms with van der Waals surface area (Å²) >= 11 is 0. The number of amides is 1. The van der Waals surface area contributed by atoms with Gasteiger partial charge in [-0.3, -0.25) is 0 Å². The molecule has 2 aliphatic carbocycles. The zero-order chi connectivity index (χ0) is 20.0. The summed E-state index contributed by atoms with van der Waals surface area (Å²) in [7, 11) is 0. The van der Waals surface area contributed by atoms with Crippen LogP contribution in [0.5, 0.6) is 0 Å². The lowest BCUT2D eigenvalue weighted by Gasteiger charge is -2.53. The van der Waals surface area contributed by atoms with E-state index in [0.717, 1.165) is 6.42 Å². The minimum atomic E-state index is -1.28. The van der Waals surface area contributed by atoms with Gasteiger partial charge < -0.3 is 25.0 Å². The maximum Gasteiger partial charge on any atom is 0.410 e. The molecule has 3 rings (SSSR count). The Bertz CT molecular complexity index is 561. The topological polar surface area (TPSA) is 90.2 Å². The van der Waals surface area contributed by atoms with Crippen LogP contribution in [0.2, 0.25) is 0 Å². The van der Waals surface area contributed by atoms with Crippen molar-refractivity contribution in [3.63, 3.8) is 0 Å². The maximum absolute atomic E-state index is 12.5. The van der Waals surface area contributed by atoms with Gasteiger partial charge in [-0.25, -0.2) is 4.79 Å². The van der Waals surface area contributed by atoms with Crippen LogP contribution in [0.3, 0.4) is 0 Å².